The first-order valence-corrected chi connectivity index (χ1v) is 9.25. The van der Waals surface area contributed by atoms with Crippen molar-refractivity contribution in [3.05, 3.63) is 29.5 Å². The Hall–Kier alpha value is -2.35. The van der Waals surface area contributed by atoms with Crippen LogP contribution in [-0.4, -0.2) is 41.5 Å². The molecule has 0 N–H and O–H groups in total. The Morgan fingerprint density at radius 3 is 2.68 bits per heavy atom. The van der Waals surface area contributed by atoms with E-state index in [0.717, 1.165) is 43.0 Å². The van der Waals surface area contributed by atoms with Crippen LogP contribution >= 0.6 is 0 Å². The second-order valence-corrected chi connectivity index (χ2v) is 7.53. The van der Waals surface area contributed by atoms with E-state index in [2.05, 4.69) is 24.5 Å². The lowest BCUT2D eigenvalue weighted by Gasteiger charge is -2.41. The Morgan fingerprint density at radius 2 is 2.12 bits per heavy atom. The zero-order valence-electron chi connectivity index (χ0n) is 14.7. The minimum atomic E-state index is 0.152. The first-order chi connectivity index (χ1) is 12.1. The third kappa shape index (κ3) is 3.02. The quantitative estimate of drug-likeness (QED) is 0.848. The third-order valence-corrected chi connectivity index (χ3v) is 5.50. The van der Waals surface area contributed by atoms with E-state index >= 15 is 0 Å². The summed E-state index contributed by atoms with van der Waals surface area (Å²) in [5, 5.41) is 9.59. The summed E-state index contributed by atoms with van der Waals surface area (Å²) in [5.74, 6) is 1.85. The van der Waals surface area contributed by atoms with E-state index in [1.807, 2.05) is 11.0 Å². The molecular formula is C20H24N4O. The van der Waals surface area contributed by atoms with Crippen molar-refractivity contribution in [1.29, 1.82) is 5.26 Å². The molecule has 0 bridgehead atoms. The standard InChI is InChI=1S/C20H24N4O/c1-3-14-10-17(11-21)19(22-18(14)15-4-5-15)23-8-9-24(13(2)12-23)20(25)16-6-7-16/h3,10,13,15-16H,1,4-9,12H2,2H3/t13-/m1/s1. The number of aromatic nitrogens is 1. The summed E-state index contributed by atoms with van der Waals surface area (Å²) in [6.45, 7) is 8.16. The topological polar surface area (TPSA) is 60.2 Å². The molecule has 1 aliphatic heterocycles. The van der Waals surface area contributed by atoms with Gasteiger partial charge in [-0.05, 0) is 44.2 Å². The Labute approximate surface area is 148 Å². The van der Waals surface area contributed by atoms with Crippen LogP contribution in [0.4, 0.5) is 5.82 Å². The third-order valence-electron chi connectivity index (χ3n) is 5.50. The van der Waals surface area contributed by atoms with Gasteiger partial charge < -0.3 is 9.80 Å². The van der Waals surface area contributed by atoms with E-state index in [0.29, 0.717) is 23.9 Å². The lowest BCUT2D eigenvalue weighted by molar-refractivity contribution is -0.134. The van der Waals surface area contributed by atoms with Crippen LogP contribution in [0.2, 0.25) is 0 Å². The van der Waals surface area contributed by atoms with Gasteiger partial charge in [-0.2, -0.15) is 5.26 Å². The number of amides is 1. The molecule has 1 amide bonds. The maximum Gasteiger partial charge on any atom is 0.226 e. The molecule has 1 saturated heterocycles. The molecule has 0 spiro atoms. The first-order valence-electron chi connectivity index (χ1n) is 9.25. The Morgan fingerprint density at radius 1 is 1.36 bits per heavy atom. The van der Waals surface area contributed by atoms with E-state index in [1.165, 1.54) is 12.8 Å². The fourth-order valence-corrected chi connectivity index (χ4v) is 3.75. The number of carbonyl (C=O) groups excluding carboxylic acids is 1. The van der Waals surface area contributed by atoms with Gasteiger partial charge >= 0.3 is 0 Å². The largest absolute Gasteiger partial charge is 0.352 e. The van der Waals surface area contributed by atoms with Crippen molar-refractivity contribution in [1.82, 2.24) is 9.88 Å². The van der Waals surface area contributed by atoms with Gasteiger partial charge in [0.2, 0.25) is 5.91 Å². The van der Waals surface area contributed by atoms with Crippen LogP contribution in [0.5, 0.6) is 0 Å². The SMILES string of the molecule is C=Cc1cc(C#N)c(N2CCN(C(=O)C3CC3)[C@H](C)C2)nc1C1CC1. The number of pyridine rings is 1. The summed E-state index contributed by atoms with van der Waals surface area (Å²) < 4.78 is 0. The van der Waals surface area contributed by atoms with Crippen LogP contribution in [0.1, 0.15) is 55.3 Å². The Kier molecular flexibility index (Phi) is 3.99. The molecule has 2 saturated carbocycles. The number of anilines is 1. The molecule has 0 radical (unpaired) electrons. The zero-order valence-corrected chi connectivity index (χ0v) is 14.7. The van der Waals surface area contributed by atoms with Gasteiger partial charge in [-0.25, -0.2) is 4.98 Å². The van der Waals surface area contributed by atoms with Crippen molar-refractivity contribution in [2.45, 2.75) is 44.6 Å². The second kappa shape index (κ2) is 6.18. The van der Waals surface area contributed by atoms with E-state index in [9.17, 15) is 10.1 Å². The van der Waals surface area contributed by atoms with E-state index < -0.39 is 0 Å². The summed E-state index contributed by atoms with van der Waals surface area (Å²) in [6.07, 6.45) is 6.22. The number of nitrogens with zero attached hydrogens (tertiary/aromatic N) is 4. The average Bonchev–Trinajstić information content (AvgIpc) is 3.51. The number of hydrogen-bond donors (Lipinski definition) is 0. The van der Waals surface area contributed by atoms with Crippen LogP contribution in [-0.2, 0) is 4.79 Å². The summed E-state index contributed by atoms with van der Waals surface area (Å²) in [5.41, 5.74) is 2.67. The van der Waals surface area contributed by atoms with Crippen LogP contribution in [0.3, 0.4) is 0 Å². The predicted molar refractivity (Wildman–Crippen MR) is 97.1 cm³/mol. The maximum atomic E-state index is 12.4. The van der Waals surface area contributed by atoms with Crippen molar-refractivity contribution < 1.29 is 4.79 Å². The van der Waals surface area contributed by atoms with Crippen molar-refractivity contribution in [2.75, 3.05) is 24.5 Å². The molecule has 25 heavy (non-hydrogen) atoms. The van der Waals surface area contributed by atoms with E-state index in [1.54, 1.807) is 6.08 Å². The fourth-order valence-electron chi connectivity index (χ4n) is 3.75. The van der Waals surface area contributed by atoms with Gasteiger partial charge in [-0.1, -0.05) is 12.7 Å². The predicted octanol–water partition coefficient (Wildman–Crippen LogP) is 2.92. The highest BCUT2D eigenvalue weighted by Gasteiger charge is 2.38. The van der Waals surface area contributed by atoms with Crippen LogP contribution < -0.4 is 4.90 Å². The van der Waals surface area contributed by atoms with Gasteiger partial charge in [0.05, 0.1) is 11.3 Å². The fraction of sp³-hybridized carbons (Fsp3) is 0.550. The lowest BCUT2D eigenvalue weighted by Crippen LogP contribution is -2.54. The van der Waals surface area contributed by atoms with Crippen molar-refractivity contribution >= 4 is 17.8 Å². The molecule has 0 unspecified atom stereocenters. The number of piperazine rings is 1. The molecule has 4 rings (SSSR count). The number of hydrogen-bond acceptors (Lipinski definition) is 4. The van der Waals surface area contributed by atoms with Gasteiger partial charge in [-0.15, -0.1) is 0 Å². The van der Waals surface area contributed by atoms with Crippen molar-refractivity contribution in [3.63, 3.8) is 0 Å². The molecule has 5 nitrogen and oxygen atoms in total. The van der Waals surface area contributed by atoms with Gasteiger partial charge in [0.1, 0.15) is 11.9 Å². The molecule has 3 aliphatic rings. The molecule has 2 heterocycles. The van der Waals surface area contributed by atoms with Crippen LogP contribution in [0, 0.1) is 17.2 Å². The van der Waals surface area contributed by atoms with Gasteiger partial charge in [0, 0.05) is 37.5 Å². The molecule has 1 aromatic rings. The van der Waals surface area contributed by atoms with Crippen LogP contribution in [0.25, 0.3) is 6.08 Å². The molecule has 1 atom stereocenters. The Bertz CT molecular complexity index is 758. The highest BCUT2D eigenvalue weighted by molar-refractivity contribution is 5.81. The van der Waals surface area contributed by atoms with Gasteiger partial charge in [0.15, 0.2) is 0 Å². The maximum absolute atomic E-state index is 12.4. The first kappa shape index (κ1) is 16.1. The summed E-state index contributed by atoms with van der Waals surface area (Å²) >= 11 is 0. The summed E-state index contributed by atoms with van der Waals surface area (Å²) in [4.78, 5) is 21.5. The highest BCUT2D eigenvalue weighted by atomic mass is 16.2. The molecule has 2 aliphatic carbocycles. The van der Waals surface area contributed by atoms with Crippen molar-refractivity contribution in [3.8, 4) is 6.07 Å². The zero-order chi connectivity index (χ0) is 17.6. The molecule has 0 aromatic carbocycles. The lowest BCUT2D eigenvalue weighted by atomic mass is 10.1. The average molecular weight is 336 g/mol. The van der Waals surface area contributed by atoms with E-state index in [-0.39, 0.29) is 12.0 Å². The second-order valence-electron chi connectivity index (χ2n) is 7.53. The molecule has 130 valence electrons. The van der Waals surface area contributed by atoms with Gasteiger partial charge in [0.25, 0.3) is 0 Å². The number of rotatable bonds is 4. The normalized spacial score (nSPS) is 23.3. The van der Waals surface area contributed by atoms with Crippen molar-refractivity contribution in [2.24, 2.45) is 5.92 Å². The molecule has 1 aromatic heterocycles. The highest BCUT2D eigenvalue weighted by Crippen LogP contribution is 2.42. The Balaban J connectivity index is 1.59. The number of nitriles is 1. The van der Waals surface area contributed by atoms with Crippen LogP contribution in [0.15, 0.2) is 12.6 Å². The summed E-state index contributed by atoms with van der Waals surface area (Å²) in [7, 11) is 0. The van der Waals surface area contributed by atoms with E-state index in [4.69, 9.17) is 4.98 Å². The number of carbonyl (C=O) groups is 1. The smallest absolute Gasteiger partial charge is 0.226 e. The molecule has 3 fully saturated rings. The summed E-state index contributed by atoms with van der Waals surface area (Å²) in [6, 6.07) is 4.38. The molecular weight excluding hydrogens is 312 g/mol. The monoisotopic (exact) mass is 336 g/mol. The van der Waals surface area contributed by atoms with Gasteiger partial charge in [-0.3, -0.25) is 4.79 Å². The minimum Gasteiger partial charge on any atom is -0.352 e. The molecule has 5 heteroatoms. The minimum absolute atomic E-state index is 0.152.